The van der Waals surface area contributed by atoms with Crippen LogP contribution in [0.3, 0.4) is 0 Å². The Morgan fingerprint density at radius 3 is 2.86 bits per heavy atom. The van der Waals surface area contributed by atoms with E-state index in [4.69, 9.17) is 4.74 Å². The summed E-state index contributed by atoms with van der Waals surface area (Å²) >= 11 is 1.51. The van der Waals surface area contributed by atoms with Gasteiger partial charge in [-0.25, -0.2) is 9.78 Å². The van der Waals surface area contributed by atoms with E-state index in [-0.39, 0.29) is 0 Å². The zero-order valence-electron chi connectivity index (χ0n) is 12.3. The second kappa shape index (κ2) is 6.77. The van der Waals surface area contributed by atoms with Crippen LogP contribution in [-0.2, 0) is 18.3 Å². The van der Waals surface area contributed by atoms with E-state index in [1.807, 2.05) is 19.1 Å². The summed E-state index contributed by atoms with van der Waals surface area (Å²) in [7, 11) is 3.19. The van der Waals surface area contributed by atoms with Crippen molar-refractivity contribution >= 4 is 22.9 Å². The van der Waals surface area contributed by atoms with Crippen LogP contribution in [0.2, 0.25) is 0 Å². The molecule has 0 aliphatic carbocycles. The van der Waals surface area contributed by atoms with Crippen LogP contribution in [-0.4, -0.2) is 38.6 Å². The Kier molecular flexibility index (Phi) is 5.03. The van der Waals surface area contributed by atoms with E-state index < -0.39 is 11.2 Å². The first-order valence-corrected chi connectivity index (χ1v) is 7.51. The average molecular weight is 310 g/mol. The number of imidazole rings is 1. The van der Waals surface area contributed by atoms with E-state index in [9.17, 15) is 9.59 Å². The smallest absolute Gasteiger partial charge is 0.329 e. The summed E-state index contributed by atoms with van der Waals surface area (Å²) in [5.74, 6) is 0.749. The molecule has 0 saturated heterocycles. The van der Waals surface area contributed by atoms with Crippen molar-refractivity contribution in [3.05, 3.63) is 33.0 Å². The van der Waals surface area contributed by atoms with E-state index in [0.717, 1.165) is 5.75 Å². The number of thioether (sulfide) groups is 1. The van der Waals surface area contributed by atoms with E-state index in [1.165, 1.54) is 16.3 Å². The van der Waals surface area contributed by atoms with Gasteiger partial charge in [-0.3, -0.25) is 14.3 Å². The number of hydrogen-bond acceptors (Lipinski definition) is 5. The molecule has 0 aliphatic heterocycles. The molecule has 0 atom stereocenters. The van der Waals surface area contributed by atoms with Gasteiger partial charge in [0.15, 0.2) is 16.3 Å². The summed E-state index contributed by atoms with van der Waals surface area (Å²) in [4.78, 5) is 30.5. The molecule has 0 unspecified atom stereocenters. The maximum Gasteiger partial charge on any atom is 0.329 e. The molecule has 114 valence electrons. The zero-order valence-corrected chi connectivity index (χ0v) is 13.1. The highest BCUT2D eigenvalue weighted by atomic mass is 32.2. The van der Waals surface area contributed by atoms with Crippen molar-refractivity contribution in [3.8, 4) is 0 Å². The molecule has 0 radical (unpaired) electrons. The molecule has 0 bridgehead atoms. The molecule has 8 heteroatoms. The number of rotatable bonds is 6. The number of nitrogens with zero attached hydrogens (tertiary/aromatic N) is 3. The molecule has 1 N–H and O–H groups in total. The average Bonchev–Trinajstić information content (AvgIpc) is 2.82. The number of H-pyrrole nitrogens is 1. The van der Waals surface area contributed by atoms with Gasteiger partial charge in [0.05, 0.1) is 6.61 Å². The summed E-state index contributed by atoms with van der Waals surface area (Å²) in [6.07, 6.45) is 3.96. The van der Waals surface area contributed by atoms with Crippen molar-refractivity contribution < 1.29 is 4.74 Å². The number of aryl methyl sites for hydroxylation is 1. The fourth-order valence-corrected chi connectivity index (χ4v) is 2.86. The Labute approximate surface area is 125 Å². The van der Waals surface area contributed by atoms with Gasteiger partial charge in [0.25, 0.3) is 5.56 Å². The second-order valence-electron chi connectivity index (χ2n) is 4.41. The van der Waals surface area contributed by atoms with E-state index >= 15 is 0 Å². The van der Waals surface area contributed by atoms with Crippen molar-refractivity contribution in [2.24, 2.45) is 7.05 Å². The highest BCUT2D eigenvalue weighted by Crippen LogP contribution is 2.21. The normalized spacial score (nSPS) is 11.8. The SMILES string of the molecule is C/C=C/CSc1nc2c(c(=O)[nH]c(=O)n2C)n1CCOC. The van der Waals surface area contributed by atoms with Crippen LogP contribution in [0, 0.1) is 0 Å². The summed E-state index contributed by atoms with van der Waals surface area (Å²) in [6.45, 7) is 2.92. The Morgan fingerprint density at radius 2 is 2.19 bits per heavy atom. The molecule has 0 spiro atoms. The van der Waals surface area contributed by atoms with Crippen molar-refractivity contribution in [2.75, 3.05) is 19.5 Å². The van der Waals surface area contributed by atoms with Gasteiger partial charge < -0.3 is 9.30 Å². The van der Waals surface area contributed by atoms with Crippen LogP contribution >= 0.6 is 11.8 Å². The lowest BCUT2D eigenvalue weighted by molar-refractivity contribution is 0.186. The van der Waals surface area contributed by atoms with Crippen molar-refractivity contribution in [1.29, 1.82) is 0 Å². The number of aromatic amines is 1. The third-order valence-corrected chi connectivity index (χ3v) is 3.96. The number of allylic oxidation sites excluding steroid dienone is 1. The van der Waals surface area contributed by atoms with Gasteiger partial charge >= 0.3 is 5.69 Å². The Morgan fingerprint density at radius 1 is 1.43 bits per heavy atom. The molecule has 0 amide bonds. The predicted molar refractivity (Wildman–Crippen MR) is 83.0 cm³/mol. The molecule has 2 aromatic heterocycles. The minimum absolute atomic E-state index is 0.392. The highest BCUT2D eigenvalue weighted by molar-refractivity contribution is 7.99. The molecule has 0 saturated carbocycles. The number of aromatic nitrogens is 4. The van der Waals surface area contributed by atoms with Gasteiger partial charge in [0.1, 0.15) is 0 Å². The highest BCUT2D eigenvalue weighted by Gasteiger charge is 2.16. The maximum atomic E-state index is 12.1. The lowest BCUT2D eigenvalue weighted by Gasteiger charge is -2.06. The molecule has 0 fully saturated rings. The minimum atomic E-state index is -0.464. The van der Waals surface area contributed by atoms with Crippen LogP contribution in [0.15, 0.2) is 26.9 Å². The quantitative estimate of drug-likeness (QED) is 0.628. The predicted octanol–water partition coefficient (Wildman–Crippen LogP) is 0.738. The van der Waals surface area contributed by atoms with Crippen LogP contribution in [0.4, 0.5) is 0 Å². The van der Waals surface area contributed by atoms with Gasteiger partial charge in [-0.05, 0) is 6.92 Å². The van der Waals surface area contributed by atoms with Gasteiger partial charge in [-0.2, -0.15) is 0 Å². The molecule has 2 rings (SSSR count). The van der Waals surface area contributed by atoms with Gasteiger partial charge in [0, 0.05) is 26.5 Å². The fraction of sp³-hybridized carbons (Fsp3) is 0.462. The molecule has 2 aromatic rings. The zero-order chi connectivity index (χ0) is 15.4. The van der Waals surface area contributed by atoms with Gasteiger partial charge in [-0.1, -0.05) is 23.9 Å². The van der Waals surface area contributed by atoms with Gasteiger partial charge in [-0.15, -0.1) is 0 Å². The third kappa shape index (κ3) is 3.11. The number of fused-ring (bicyclic) bond motifs is 1. The lowest BCUT2D eigenvalue weighted by atomic mass is 10.5. The first kappa shape index (κ1) is 15.6. The summed E-state index contributed by atoms with van der Waals surface area (Å²) in [6, 6.07) is 0. The Bertz CT molecular complexity index is 772. The topological polar surface area (TPSA) is 81.9 Å². The molecule has 7 nitrogen and oxygen atoms in total. The summed E-state index contributed by atoms with van der Waals surface area (Å²) in [5.41, 5.74) is -0.0940. The number of nitrogens with one attached hydrogen (secondary N) is 1. The number of hydrogen-bond donors (Lipinski definition) is 1. The first-order valence-electron chi connectivity index (χ1n) is 6.52. The van der Waals surface area contributed by atoms with Crippen molar-refractivity contribution in [3.63, 3.8) is 0 Å². The monoisotopic (exact) mass is 310 g/mol. The van der Waals surface area contributed by atoms with E-state index in [2.05, 4.69) is 9.97 Å². The Hall–Kier alpha value is -1.80. The molecular weight excluding hydrogens is 292 g/mol. The number of ether oxygens (including phenoxy) is 1. The van der Waals surface area contributed by atoms with Crippen LogP contribution in [0.25, 0.3) is 11.2 Å². The maximum absolute atomic E-state index is 12.1. The molecule has 0 aromatic carbocycles. The Balaban J connectivity index is 2.60. The summed E-state index contributed by atoms with van der Waals surface area (Å²) in [5, 5.41) is 0.701. The lowest BCUT2D eigenvalue weighted by Crippen LogP contribution is -2.29. The minimum Gasteiger partial charge on any atom is -0.383 e. The van der Waals surface area contributed by atoms with Crippen molar-refractivity contribution in [1.82, 2.24) is 19.1 Å². The molecule has 21 heavy (non-hydrogen) atoms. The second-order valence-corrected chi connectivity index (χ2v) is 5.40. The van der Waals surface area contributed by atoms with Crippen LogP contribution < -0.4 is 11.2 Å². The number of methoxy groups -OCH3 is 1. The van der Waals surface area contributed by atoms with Gasteiger partial charge in [0.2, 0.25) is 0 Å². The fourth-order valence-electron chi connectivity index (χ4n) is 1.93. The van der Waals surface area contributed by atoms with E-state index in [1.54, 1.807) is 18.7 Å². The molecule has 2 heterocycles. The molecule has 0 aliphatic rings. The largest absolute Gasteiger partial charge is 0.383 e. The van der Waals surface area contributed by atoms with Crippen LogP contribution in [0.5, 0.6) is 0 Å². The first-order chi connectivity index (χ1) is 10.1. The van der Waals surface area contributed by atoms with Crippen LogP contribution in [0.1, 0.15) is 6.92 Å². The summed E-state index contributed by atoms with van der Waals surface area (Å²) < 4.78 is 8.23. The third-order valence-electron chi connectivity index (χ3n) is 3.04. The molecular formula is C13H18N4O3S. The van der Waals surface area contributed by atoms with Crippen molar-refractivity contribution in [2.45, 2.75) is 18.6 Å². The standard InChI is InChI=1S/C13H18N4O3S/c1-4-5-8-21-13-14-10-9(17(13)6-7-20-3)11(18)15-12(19)16(10)2/h4-5H,6-8H2,1-3H3,(H,15,18,19)/b5-4+. The van der Waals surface area contributed by atoms with E-state index in [0.29, 0.717) is 29.5 Å².